The summed E-state index contributed by atoms with van der Waals surface area (Å²) in [5.41, 5.74) is 2.53. The third-order valence-corrected chi connectivity index (χ3v) is 11.7. The van der Waals surface area contributed by atoms with Gasteiger partial charge in [0.15, 0.2) is 0 Å². The van der Waals surface area contributed by atoms with E-state index in [1.165, 1.54) is 110 Å². The van der Waals surface area contributed by atoms with Crippen molar-refractivity contribution in [1.29, 1.82) is 0 Å². The van der Waals surface area contributed by atoms with Gasteiger partial charge in [-0.2, -0.15) is 0 Å². The monoisotopic (exact) mass is 584 g/mol. The van der Waals surface area contributed by atoms with E-state index < -0.39 is 0 Å². The standard InChI is InChI=1S/C31H37ClN2OS3/c32-25-12-10-22(11-13-25)27-19-24(7-3-1-4-14-33-15-5-2-6-16-33)28(37-27)20-29-30(35)34(31(36)38-29)26-18-21-8-9-23(26)17-21/h10-13,19-21,23,26H,1-9,14-18H2/b29-20-. The molecule has 0 spiro atoms. The third kappa shape index (κ3) is 5.95. The average Bonchev–Trinajstić information content (AvgIpc) is 3.70. The Morgan fingerprint density at radius 1 is 1.03 bits per heavy atom. The quantitative estimate of drug-likeness (QED) is 0.167. The van der Waals surface area contributed by atoms with Gasteiger partial charge < -0.3 is 4.90 Å². The van der Waals surface area contributed by atoms with Crippen molar-refractivity contribution in [2.45, 2.75) is 76.7 Å². The van der Waals surface area contributed by atoms with Gasteiger partial charge >= 0.3 is 0 Å². The van der Waals surface area contributed by atoms with Crippen LogP contribution in [-0.4, -0.2) is 45.7 Å². The fraction of sp³-hybridized carbons (Fsp3) is 0.548. The summed E-state index contributed by atoms with van der Waals surface area (Å²) in [6.07, 6.45) is 16.0. The number of hydrogen-bond donors (Lipinski definition) is 0. The molecule has 38 heavy (non-hydrogen) atoms. The van der Waals surface area contributed by atoms with Gasteiger partial charge in [0.25, 0.3) is 5.91 Å². The smallest absolute Gasteiger partial charge is 0.266 e. The molecule has 1 aromatic heterocycles. The van der Waals surface area contributed by atoms with Crippen LogP contribution in [0.5, 0.6) is 0 Å². The summed E-state index contributed by atoms with van der Waals surface area (Å²) in [5, 5.41) is 0.753. The SMILES string of the molecule is O=C1/C(=C/c2sc(-c3ccc(Cl)cc3)cc2CCCCCN2CCCCC2)SC(=S)N1C1CC2CCC1C2. The van der Waals surface area contributed by atoms with Crippen LogP contribution < -0.4 is 0 Å². The predicted octanol–water partition coefficient (Wildman–Crippen LogP) is 8.66. The fourth-order valence-corrected chi connectivity index (χ4v) is 9.66. The Kier molecular flexibility index (Phi) is 8.63. The summed E-state index contributed by atoms with van der Waals surface area (Å²) in [4.78, 5) is 21.4. The number of rotatable bonds is 9. The zero-order chi connectivity index (χ0) is 26.1. The largest absolute Gasteiger partial charge is 0.303 e. The highest BCUT2D eigenvalue weighted by Gasteiger charge is 2.48. The molecule has 0 radical (unpaired) electrons. The molecule has 3 nitrogen and oxygen atoms in total. The Labute approximate surface area is 246 Å². The van der Waals surface area contributed by atoms with E-state index >= 15 is 0 Å². The van der Waals surface area contributed by atoms with Crippen LogP contribution in [0, 0.1) is 11.8 Å². The van der Waals surface area contributed by atoms with Crippen LogP contribution in [-0.2, 0) is 11.2 Å². The molecule has 2 bridgehead atoms. The molecule has 1 aromatic carbocycles. The van der Waals surface area contributed by atoms with E-state index in [0.717, 1.165) is 33.0 Å². The van der Waals surface area contributed by atoms with Gasteiger partial charge in [0.1, 0.15) is 4.32 Å². The van der Waals surface area contributed by atoms with Gasteiger partial charge in [-0.15, -0.1) is 11.3 Å². The van der Waals surface area contributed by atoms with Crippen molar-refractivity contribution in [2.75, 3.05) is 19.6 Å². The predicted molar refractivity (Wildman–Crippen MR) is 167 cm³/mol. The molecule has 7 heteroatoms. The zero-order valence-electron chi connectivity index (χ0n) is 22.0. The molecule has 3 unspecified atom stereocenters. The first kappa shape index (κ1) is 27.0. The Morgan fingerprint density at radius 3 is 2.58 bits per heavy atom. The highest BCUT2D eigenvalue weighted by Crippen LogP contribution is 2.49. The topological polar surface area (TPSA) is 23.6 Å². The van der Waals surface area contributed by atoms with Gasteiger partial charge in [-0.3, -0.25) is 9.69 Å². The van der Waals surface area contributed by atoms with Crippen molar-refractivity contribution in [3.63, 3.8) is 0 Å². The zero-order valence-corrected chi connectivity index (χ0v) is 25.2. The van der Waals surface area contributed by atoms with Gasteiger partial charge in [-0.05, 0) is 118 Å². The number of thiophene rings is 1. The first-order chi connectivity index (χ1) is 18.5. The molecule has 2 aliphatic carbocycles. The van der Waals surface area contributed by atoms with Crippen molar-refractivity contribution < 1.29 is 4.79 Å². The number of hydrogen-bond acceptors (Lipinski definition) is 5. The number of piperidine rings is 1. The number of aryl methyl sites for hydroxylation is 1. The van der Waals surface area contributed by atoms with Gasteiger partial charge in [0, 0.05) is 20.8 Å². The molecule has 4 fully saturated rings. The molecule has 202 valence electrons. The molecule has 3 heterocycles. The third-order valence-electron chi connectivity index (χ3n) is 8.96. The Morgan fingerprint density at radius 2 is 1.84 bits per heavy atom. The highest BCUT2D eigenvalue weighted by molar-refractivity contribution is 8.26. The number of likely N-dealkylation sites (tertiary alicyclic amines) is 1. The van der Waals surface area contributed by atoms with E-state index in [2.05, 4.69) is 29.2 Å². The second-order valence-corrected chi connectivity index (χ2v) is 14.7. The molecular formula is C31H37ClN2OS3. The highest BCUT2D eigenvalue weighted by atomic mass is 35.5. The first-order valence-electron chi connectivity index (χ1n) is 14.4. The van der Waals surface area contributed by atoms with Crippen LogP contribution in [0.25, 0.3) is 16.5 Å². The second kappa shape index (κ2) is 12.1. The molecule has 1 amide bonds. The number of thiocarbonyl (C=S) groups is 1. The van der Waals surface area contributed by atoms with Crippen molar-refractivity contribution in [3.8, 4) is 10.4 Å². The van der Waals surface area contributed by atoms with E-state index in [0.29, 0.717) is 12.0 Å². The molecule has 2 aromatic rings. The van der Waals surface area contributed by atoms with Crippen molar-refractivity contribution in [3.05, 3.63) is 50.7 Å². The number of unbranched alkanes of at least 4 members (excludes halogenated alkanes) is 2. The van der Waals surface area contributed by atoms with Crippen molar-refractivity contribution >= 4 is 63.2 Å². The van der Waals surface area contributed by atoms with E-state index in [4.69, 9.17) is 23.8 Å². The van der Waals surface area contributed by atoms with Crippen LogP contribution in [0.15, 0.2) is 35.2 Å². The van der Waals surface area contributed by atoms with Crippen molar-refractivity contribution in [2.24, 2.45) is 11.8 Å². The lowest BCUT2D eigenvalue weighted by Gasteiger charge is -2.30. The average molecular weight is 585 g/mol. The molecule has 3 atom stereocenters. The van der Waals surface area contributed by atoms with E-state index in [9.17, 15) is 4.79 Å². The summed E-state index contributed by atoms with van der Waals surface area (Å²) in [7, 11) is 0. The van der Waals surface area contributed by atoms with Gasteiger partial charge in [-0.25, -0.2) is 0 Å². The minimum atomic E-state index is 0.131. The fourth-order valence-electron chi connectivity index (χ4n) is 6.94. The lowest BCUT2D eigenvalue weighted by Crippen LogP contribution is -2.41. The second-order valence-electron chi connectivity index (χ2n) is 11.5. The number of carbonyl (C=O) groups is 1. The van der Waals surface area contributed by atoms with Gasteiger partial charge in [0.05, 0.1) is 4.91 Å². The molecule has 0 N–H and O–H groups in total. The first-order valence-corrected chi connectivity index (χ1v) is 16.8. The summed E-state index contributed by atoms with van der Waals surface area (Å²) in [6.45, 7) is 3.79. The van der Waals surface area contributed by atoms with E-state index in [1.807, 2.05) is 17.0 Å². The number of fused-ring (bicyclic) bond motifs is 2. The van der Waals surface area contributed by atoms with E-state index in [1.54, 1.807) is 11.3 Å². The molecule has 2 saturated carbocycles. The minimum absolute atomic E-state index is 0.131. The summed E-state index contributed by atoms with van der Waals surface area (Å²) in [5.74, 6) is 1.56. The van der Waals surface area contributed by atoms with Crippen LogP contribution in [0.1, 0.15) is 74.6 Å². The normalized spacial score (nSPS) is 26.8. The van der Waals surface area contributed by atoms with Crippen molar-refractivity contribution in [1.82, 2.24) is 9.80 Å². The maximum absolute atomic E-state index is 13.6. The summed E-state index contributed by atoms with van der Waals surface area (Å²) in [6, 6.07) is 10.7. The molecular weight excluding hydrogens is 548 g/mol. The lowest BCUT2D eigenvalue weighted by molar-refractivity contribution is -0.124. The van der Waals surface area contributed by atoms with E-state index in [-0.39, 0.29) is 5.91 Å². The molecule has 2 aliphatic heterocycles. The summed E-state index contributed by atoms with van der Waals surface area (Å²) < 4.78 is 0.757. The van der Waals surface area contributed by atoms with Crippen LogP contribution in [0.3, 0.4) is 0 Å². The maximum atomic E-state index is 13.6. The Bertz CT molecular complexity index is 1200. The minimum Gasteiger partial charge on any atom is -0.303 e. The van der Waals surface area contributed by atoms with Crippen LogP contribution in [0.4, 0.5) is 0 Å². The number of halogens is 1. The number of benzene rings is 1. The number of nitrogens with zero attached hydrogens (tertiary/aromatic N) is 2. The van der Waals surface area contributed by atoms with Crippen LogP contribution in [0.2, 0.25) is 5.02 Å². The Balaban J connectivity index is 1.17. The maximum Gasteiger partial charge on any atom is 0.266 e. The number of thioether (sulfide) groups is 1. The van der Waals surface area contributed by atoms with Gasteiger partial charge in [-0.1, -0.05) is 67.0 Å². The van der Waals surface area contributed by atoms with Gasteiger partial charge in [0.2, 0.25) is 0 Å². The lowest BCUT2D eigenvalue weighted by atomic mass is 9.94. The number of amides is 1. The molecule has 4 aliphatic rings. The Hall–Kier alpha value is -1.18. The summed E-state index contributed by atoms with van der Waals surface area (Å²) >= 11 is 15.2. The molecule has 6 rings (SSSR count). The van der Waals surface area contributed by atoms with Crippen LogP contribution >= 0.6 is 46.9 Å². The molecule has 2 saturated heterocycles. The number of carbonyl (C=O) groups excluding carboxylic acids is 1.